The minimum absolute atomic E-state index is 0.636. The highest BCUT2D eigenvalue weighted by Gasteiger charge is 2.24. The number of nitrogens with one attached hydrogen (secondary N) is 1. The number of aliphatic imine (C=N–C) groups is 1. The van der Waals surface area contributed by atoms with Gasteiger partial charge in [-0.2, -0.15) is 0 Å². The molecule has 1 aromatic carbocycles. The van der Waals surface area contributed by atoms with E-state index in [0.29, 0.717) is 18.3 Å². The van der Waals surface area contributed by atoms with E-state index >= 15 is 0 Å². The molecule has 0 amide bonds. The van der Waals surface area contributed by atoms with Gasteiger partial charge in [0.05, 0.1) is 7.11 Å². The molecule has 3 rings (SSSR count). The Kier molecular flexibility index (Phi) is 6.77. The zero-order chi connectivity index (χ0) is 18.2. The fourth-order valence-corrected chi connectivity index (χ4v) is 4.09. The van der Waals surface area contributed by atoms with Crippen LogP contribution in [0, 0.1) is 5.92 Å². The van der Waals surface area contributed by atoms with E-state index < -0.39 is 0 Å². The van der Waals surface area contributed by atoms with Crippen LogP contribution in [0.4, 0.5) is 0 Å². The summed E-state index contributed by atoms with van der Waals surface area (Å²) in [7, 11) is 3.47. The van der Waals surface area contributed by atoms with Gasteiger partial charge in [0.15, 0.2) is 5.96 Å². The third kappa shape index (κ3) is 5.14. The third-order valence-electron chi connectivity index (χ3n) is 4.48. The number of ether oxygens (including phenoxy) is 1. The summed E-state index contributed by atoms with van der Waals surface area (Å²) >= 11 is 1.95. The normalized spacial score (nSPS) is 17.4. The number of likely N-dealkylation sites (tertiary alicyclic amines) is 1. The van der Waals surface area contributed by atoms with E-state index in [2.05, 4.69) is 50.5 Å². The number of benzene rings is 1. The summed E-state index contributed by atoms with van der Waals surface area (Å²) in [5, 5.41) is 3.45. The molecule has 1 N–H and O–H groups in total. The van der Waals surface area contributed by atoms with E-state index in [1.807, 2.05) is 37.1 Å². The van der Waals surface area contributed by atoms with Crippen LogP contribution in [0.3, 0.4) is 0 Å². The molecule has 1 atom stereocenters. The molecule has 1 aliphatic heterocycles. The fraction of sp³-hybridized carbons (Fsp3) is 0.400. The molecular formula is C20H26N4OS. The average Bonchev–Trinajstić information content (AvgIpc) is 3.17. The van der Waals surface area contributed by atoms with Crippen LogP contribution in [0.15, 0.2) is 58.5 Å². The van der Waals surface area contributed by atoms with Crippen molar-refractivity contribution in [3.05, 3.63) is 54.2 Å². The number of methoxy groups -OCH3 is 1. The molecule has 1 saturated heterocycles. The number of nitrogens with zero attached hydrogens (tertiary/aromatic N) is 3. The van der Waals surface area contributed by atoms with Crippen molar-refractivity contribution in [2.75, 3.05) is 33.0 Å². The van der Waals surface area contributed by atoms with Crippen molar-refractivity contribution in [2.24, 2.45) is 10.9 Å². The molecule has 6 heteroatoms. The van der Waals surface area contributed by atoms with Gasteiger partial charge in [-0.1, -0.05) is 24.3 Å². The lowest BCUT2D eigenvalue weighted by atomic mass is 10.2. The molecule has 0 radical (unpaired) electrons. The number of thioether (sulfide) groups is 1. The Morgan fingerprint density at radius 3 is 2.85 bits per heavy atom. The number of rotatable bonds is 6. The second-order valence-corrected chi connectivity index (χ2v) is 7.43. The van der Waals surface area contributed by atoms with Gasteiger partial charge in [-0.25, -0.2) is 4.98 Å². The molecule has 0 spiro atoms. The topological polar surface area (TPSA) is 49.8 Å². The second-order valence-electron chi connectivity index (χ2n) is 6.33. The number of hydrogen-bond donors (Lipinski definition) is 1. The molecule has 0 aliphatic carbocycles. The van der Waals surface area contributed by atoms with Gasteiger partial charge in [-0.05, 0) is 30.0 Å². The summed E-state index contributed by atoms with van der Waals surface area (Å²) in [6, 6.07) is 14.5. The molecule has 2 heterocycles. The molecule has 0 bridgehead atoms. The maximum atomic E-state index is 5.10. The Balaban J connectivity index is 1.46. The Labute approximate surface area is 159 Å². The maximum Gasteiger partial charge on any atom is 0.212 e. The van der Waals surface area contributed by atoms with Crippen LogP contribution in [-0.2, 0) is 6.54 Å². The largest absolute Gasteiger partial charge is 0.481 e. The van der Waals surface area contributed by atoms with Crippen molar-refractivity contribution in [3.63, 3.8) is 0 Å². The van der Waals surface area contributed by atoms with E-state index in [-0.39, 0.29) is 0 Å². The predicted molar refractivity (Wildman–Crippen MR) is 108 cm³/mol. The van der Waals surface area contributed by atoms with Crippen molar-refractivity contribution in [3.8, 4) is 5.88 Å². The van der Waals surface area contributed by atoms with Gasteiger partial charge in [0.1, 0.15) is 0 Å². The number of aromatic nitrogens is 1. The zero-order valence-corrected chi connectivity index (χ0v) is 16.2. The third-order valence-corrected chi connectivity index (χ3v) is 5.73. The van der Waals surface area contributed by atoms with Crippen molar-refractivity contribution in [1.29, 1.82) is 0 Å². The van der Waals surface area contributed by atoms with E-state index in [0.717, 1.165) is 30.4 Å². The van der Waals surface area contributed by atoms with Crippen LogP contribution in [-0.4, -0.2) is 48.8 Å². The van der Waals surface area contributed by atoms with Crippen LogP contribution >= 0.6 is 11.8 Å². The lowest BCUT2D eigenvalue weighted by Gasteiger charge is -2.21. The van der Waals surface area contributed by atoms with Gasteiger partial charge in [-0.15, -0.1) is 11.8 Å². The Morgan fingerprint density at radius 1 is 1.31 bits per heavy atom. The Morgan fingerprint density at radius 2 is 2.15 bits per heavy atom. The summed E-state index contributed by atoms with van der Waals surface area (Å²) in [5.74, 6) is 3.45. The molecule has 26 heavy (non-hydrogen) atoms. The van der Waals surface area contributed by atoms with E-state index in [9.17, 15) is 0 Å². The molecule has 0 saturated carbocycles. The number of hydrogen-bond acceptors (Lipinski definition) is 4. The summed E-state index contributed by atoms with van der Waals surface area (Å²) < 4.78 is 5.10. The summed E-state index contributed by atoms with van der Waals surface area (Å²) in [5.41, 5.74) is 1.11. The van der Waals surface area contributed by atoms with Gasteiger partial charge >= 0.3 is 0 Å². The van der Waals surface area contributed by atoms with Gasteiger partial charge in [0, 0.05) is 49.6 Å². The first-order valence-corrected chi connectivity index (χ1v) is 9.89. The maximum absolute atomic E-state index is 5.10. The van der Waals surface area contributed by atoms with Crippen LogP contribution < -0.4 is 10.1 Å². The van der Waals surface area contributed by atoms with Gasteiger partial charge < -0.3 is 15.0 Å². The molecule has 1 aromatic heterocycles. The highest BCUT2D eigenvalue weighted by molar-refractivity contribution is 7.99. The van der Waals surface area contributed by atoms with E-state index in [1.54, 1.807) is 7.11 Å². The van der Waals surface area contributed by atoms with Crippen molar-refractivity contribution >= 4 is 17.7 Å². The first-order chi connectivity index (χ1) is 12.8. The molecule has 1 fully saturated rings. The van der Waals surface area contributed by atoms with Crippen LogP contribution in [0.25, 0.3) is 0 Å². The Bertz CT molecular complexity index is 706. The van der Waals surface area contributed by atoms with Crippen LogP contribution in [0.1, 0.15) is 12.0 Å². The van der Waals surface area contributed by atoms with Gasteiger partial charge in [0.2, 0.25) is 5.88 Å². The first-order valence-electron chi connectivity index (χ1n) is 8.91. The smallest absolute Gasteiger partial charge is 0.212 e. The molecule has 1 unspecified atom stereocenters. The quantitative estimate of drug-likeness (QED) is 0.480. The number of guanidine groups is 1. The van der Waals surface area contributed by atoms with Crippen molar-refractivity contribution < 1.29 is 4.74 Å². The lowest BCUT2D eigenvalue weighted by molar-refractivity contribution is 0.397. The SMILES string of the molecule is CN=C(NCc1ccc(OC)nc1)N1CCC(CSc2ccccc2)C1. The van der Waals surface area contributed by atoms with Crippen molar-refractivity contribution in [1.82, 2.24) is 15.2 Å². The van der Waals surface area contributed by atoms with E-state index in [4.69, 9.17) is 4.74 Å². The highest BCUT2D eigenvalue weighted by Crippen LogP contribution is 2.25. The first kappa shape index (κ1) is 18.6. The highest BCUT2D eigenvalue weighted by atomic mass is 32.2. The molecule has 5 nitrogen and oxygen atoms in total. The summed E-state index contributed by atoms with van der Waals surface area (Å²) in [6.45, 7) is 2.82. The standard InChI is InChI=1S/C20H26N4OS/c1-21-20(23-13-16-8-9-19(25-2)22-12-16)24-11-10-17(14-24)15-26-18-6-4-3-5-7-18/h3-9,12,17H,10-11,13-15H2,1-2H3,(H,21,23). The monoisotopic (exact) mass is 370 g/mol. The summed E-state index contributed by atoms with van der Waals surface area (Å²) in [6.07, 6.45) is 3.05. The van der Waals surface area contributed by atoms with Crippen LogP contribution in [0.2, 0.25) is 0 Å². The fourth-order valence-electron chi connectivity index (χ4n) is 3.04. The van der Waals surface area contributed by atoms with Gasteiger partial charge in [-0.3, -0.25) is 4.99 Å². The Hall–Kier alpha value is -2.21. The van der Waals surface area contributed by atoms with Crippen molar-refractivity contribution in [2.45, 2.75) is 17.9 Å². The lowest BCUT2D eigenvalue weighted by Crippen LogP contribution is -2.39. The average molecular weight is 371 g/mol. The zero-order valence-electron chi connectivity index (χ0n) is 15.4. The minimum atomic E-state index is 0.636. The molecule has 138 valence electrons. The second kappa shape index (κ2) is 9.48. The van der Waals surface area contributed by atoms with Crippen LogP contribution in [0.5, 0.6) is 5.88 Å². The minimum Gasteiger partial charge on any atom is -0.481 e. The molecular weight excluding hydrogens is 344 g/mol. The van der Waals surface area contributed by atoms with E-state index in [1.165, 1.54) is 11.3 Å². The molecule has 2 aromatic rings. The van der Waals surface area contributed by atoms with Gasteiger partial charge in [0.25, 0.3) is 0 Å². The molecule has 1 aliphatic rings. The summed E-state index contributed by atoms with van der Waals surface area (Å²) in [4.78, 5) is 12.4. The predicted octanol–water partition coefficient (Wildman–Crippen LogP) is 3.28. The number of pyridine rings is 1.